The van der Waals surface area contributed by atoms with Gasteiger partial charge in [-0.25, -0.2) is 8.78 Å². The zero-order chi connectivity index (χ0) is 13.8. The highest BCUT2D eigenvalue weighted by molar-refractivity contribution is 5.27. The van der Waals surface area contributed by atoms with E-state index in [2.05, 4.69) is 4.98 Å². The van der Waals surface area contributed by atoms with E-state index in [1.165, 1.54) is 0 Å². The van der Waals surface area contributed by atoms with Gasteiger partial charge in [0.2, 0.25) is 0 Å². The summed E-state index contributed by atoms with van der Waals surface area (Å²) in [5.74, 6) is -1.79. The zero-order valence-electron chi connectivity index (χ0n) is 10.1. The second-order valence-corrected chi connectivity index (χ2v) is 4.24. The molecule has 0 aliphatic rings. The monoisotopic (exact) mass is 264 g/mol. The van der Waals surface area contributed by atoms with E-state index < -0.39 is 23.7 Å². The molecule has 3 nitrogen and oxygen atoms in total. The van der Waals surface area contributed by atoms with Crippen molar-refractivity contribution in [3.63, 3.8) is 0 Å². The van der Waals surface area contributed by atoms with Crippen LogP contribution in [0.15, 0.2) is 42.7 Å². The van der Waals surface area contributed by atoms with E-state index in [1.54, 1.807) is 24.5 Å². The van der Waals surface area contributed by atoms with Crippen molar-refractivity contribution in [3.05, 3.63) is 65.5 Å². The van der Waals surface area contributed by atoms with E-state index in [9.17, 15) is 13.9 Å². The first-order valence-electron chi connectivity index (χ1n) is 5.86. The molecule has 1 heterocycles. The number of aliphatic hydroxyl groups is 1. The molecule has 1 aromatic carbocycles. The lowest BCUT2D eigenvalue weighted by atomic mass is 9.90. The summed E-state index contributed by atoms with van der Waals surface area (Å²) in [7, 11) is 0. The summed E-state index contributed by atoms with van der Waals surface area (Å²) in [5.41, 5.74) is 6.21. The number of halogens is 2. The lowest BCUT2D eigenvalue weighted by Gasteiger charge is -2.22. The Kier molecular flexibility index (Phi) is 4.19. The molecule has 5 heteroatoms. The molecule has 2 atom stereocenters. The van der Waals surface area contributed by atoms with Crippen molar-refractivity contribution in [2.24, 2.45) is 5.73 Å². The highest BCUT2D eigenvalue weighted by atomic mass is 19.1. The Labute approximate surface area is 109 Å². The predicted molar refractivity (Wildman–Crippen MR) is 67.4 cm³/mol. The van der Waals surface area contributed by atoms with Crippen molar-refractivity contribution < 1.29 is 13.9 Å². The number of aromatic nitrogens is 1. The Balaban J connectivity index is 2.36. The average Bonchev–Trinajstić information content (AvgIpc) is 2.43. The van der Waals surface area contributed by atoms with Crippen molar-refractivity contribution >= 4 is 0 Å². The fourth-order valence-corrected chi connectivity index (χ4v) is 2.00. The fraction of sp³-hybridized carbons (Fsp3) is 0.214. The van der Waals surface area contributed by atoms with Gasteiger partial charge in [-0.05, 0) is 29.8 Å². The second-order valence-electron chi connectivity index (χ2n) is 4.24. The van der Waals surface area contributed by atoms with Crippen LogP contribution in [-0.4, -0.2) is 16.6 Å². The lowest BCUT2D eigenvalue weighted by Crippen LogP contribution is -2.21. The van der Waals surface area contributed by atoms with Crippen molar-refractivity contribution in [1.82, 2.24) is 4.98 Å². The molecule has 0 amide bonds. The topological polar surface area (TPSA) is 59.1 Å². The van der Waals surface area contributed by atoms with E-state index in [1.807, 2.05) is 0 Å². The van der Waals surface area contributed by atoms with Gasteiger partial charge in [-0.3, -0.25) is 4.98 Å². The number of benzene rings is 1. The third-order valence-corrected chi connectivity index (χ3v) is 3.02. The summed E-state index contributed by atoms with van der Waals surface area (Å²) in [5, 5.41) is 10.2. The summed E-state index contributed by atoms with van der Waals surface area (Å²) < 4.78 is 26.8. The number of hydrogen-bond acceptors (Lipinski definition) is 3. The number of nitrogens with two attached hydrogens (primary N) is 1. The third-order valence-electron chi connectivity index (χ3n) is 3.02. The Morgan fingerprint density at radius 1 is 1.26 bits per heavy atom. The predicted octanol–water partition coefficient (Wildman–Crippen LogP) is 2.14. The van der Waals surface area contributed by atoms with Crippen LogP contribution in [0.3, 0.4) is 0 Å². The average molecular weight is 264 g/mol. The molecule has 2 unspecified atom stereocenters. The first-order chi connectivity index (χ1) is 9.13. The lowest BCUT2D eigenvalue weighted by molar-refractivity contribution is 0.142. The SMILES string of the molecule is NCC(c1cccnc1)C(O)c1cc(F)ccc1F. The van der Waals surface area contributed by atoms with E-state index in [0.29, 0.717) is 5.56 Å². The van der Waals surface area contributed by atoms with Gasteiger partial charge in [0.1, 0.15) is 11.6 Å². The van der Waals surface area contributed by atoms with E-state index in [0.717, 1.165) is 18.2 Å². The number of aliphatic hydroxyl groups excluding tert-OH is 1. The van der Waals surface area contributed by atoms with Crippen LogP contribution in [-0.2, 0) is 0 Å². The maximum Gasteiger partial charge on any atom is 0.129 e. The van der Waals surface area contributed by atoms with E-state index >= 15 is 0 Å². The number of pyridine rings is 1. The van der Waals surface area contributed by atoms with Crippen LogP contribution in [0, 0.1) is 11.6 Å². The molecule has 2 rings (SSSR count). The first kappa shape index (κ1) is 13.6. The Hall–Kier alpha value is -1.85. The summed E-state index contributed by atoms with van der Waals surface area (Å²) in [6, 6.07) is 6.43. The molecule has 2 aromatic rings. The Morgan fingerprint density at radius 3 is 2.68 bits per heavy atom. The van der Waals surface area contributed by atoms with Crippen LogP contribution in [0.4, 0.5) is 8.78 Å². The molecule has 3 N–H and O–H groups in total. The molecule has 0 radical (unpaired) electrons. The number of nitrogens with zero attached hydrogens (tertiary/aromatic N) is 1. The summed E-state index contributed by atoms with van der Waals surface area (Å²) in [4.78, 5) is 3.94. The molecule has 19 heavy (non-hydrogen) atoms. The molecule has 0 aliphatic heterocycles. The van der Waals surface area contributed by atoms with Crippen molar-refractivity contribution in [2.75, 3.05) is 6.54 Å². The van der Waals surface area contributed by atoms with Crippen LogP contribution in [0.25, 0.3) is 0 Å². The summed E-state index contributed by atoms with van der Waals surface area (Å²) >= 11 is 0. The minimum Gasteiger partial charge on any atom is -0.388 e. The molecular formula is C14H14F2N2O. The molecule has 0 spiro atoms. The fourth-order valence-electron chi connectivity index (χ4n) is 2.00. The van der Waals surface area contributed by atoms with Crippen LogP contribution < -0.4 is 5.73 Å². The maximum atomic E-state index is 13.6. The maximum absolute atomic E-state index is 13.6. The summed E-state index contributed by atoms with van der Waals surface area (Å²) in [6.45, 7) is 0.100. The van der Waals surface area contributed by atoms with Gasteiger partial charge >= 0.3 is 0 Å². The van der Waals surface area contributed by atoms with Crippen molar-refractivity contribution in [2.45, 2.75) is 12.0 Å². The molecule has 0 fully saturated rings. The molecule has 100 valence electrons. The second kappa shape index (κ2) is 5.86. The van der Waals surface area contributed by atoms with Gasteiger partial charge in [-0.15, -0.1) is 0 Å². The smallest absolute Gasteiger partial charge is 0.129 e. The number of hydrogen-bond donors (Lipinski definition) is 2. The number of rotatable bonds is 4. The van der Waals surface area contributed by atoms with Crippen molar-refractivity contribution in [3.8, 4) is 0 Å². The molecule has 0 bridgehead atoms. The molecule has 0 saturated carbocycles. The molecular weight excluding hydrogens is 250 g/mol. The molecule has 0 saturated heterocycles. The van der Waals surface area contributed by atoms with Gasteiger partial charge in [-0.1, -0.05) is 6.07 Å². The highest BCUT2D eigenvalue weighted by Gasteiger charge is 2.24. The van der Waals surface area contributed by atoms with E-state index in [-0.39, 0.29) is 12.1 Å². The normalized spacial score (nSPS) is 14.1. The van der Waals surface area contributed by atoms with Crippen LogP contribution >= 0.6 is 0 Å². The molecule has 0 aliphatic carbocycles. The van der Waals surface area contributed by atoms with Gasteiger partial charge in [-0.2, -0.15) is 0 Å². The van der Waals surface area contributed by atoms with Gasteiger partial charge in [0.15, 0.2) is 0 Å². The van der Waals surface area contributed by atoms with Crippen molar-refractivity contribution in [1.29, 1.82) is 0 Å². The van der Waals surface area contributed by atoms with Crippen LogP contribution in [0.1, 0.15) is 23.1 Å². The van der Waals surface area contributed by atoms with E-state index in [4.69, 9.17) is 5.73 Å². The third kappa shape index (κ3) is 2.94. The van der Waals surface area contributed by atoms with Gasteiger partial charge in [0.25, 0.3) is 0 Å². The largest absolute Gasteiger partial charge is 0.388 e. The minimum atomic E-state index is -1.22. The zero-order valence-corrected chi connectivity index (χ0v) is 10.1. The van der Waals surface area contributed by atoms with Gasteiger partial charge < -0.3 is 10.8 Å². The molecule has 1 aromatic heterocycles. The standard InChI is InChI=1S/C14H14F2N2O/c15-10-3-4-13(16)11(6-10)14(19)12(7-17)9-2-1-5-18-8-9/h1-6,8,12,14,19H,7,17H2. The minimum absolute atomic E-state index is 0.0979. The van der Waals surface area contributed by atoms with Crippen LogP contribution in [0.2, 0.25) is 0 Å². The Bertz CT molecular complexity index is 548. The van der Waals surface area contributed by atoms with Crippen LogP contribution in [0.5, 0.6) is 0 Å². The van der Waals surface area contributed by atoms with Gasteiger partial charge in [0.05, 0.1) is 6.10 Å². The first-order valence-corrected chi connectivity index (χ1v) is 5.86. The Morgan fingerprint density at radius 2 is 2.05 bits per heavy atom. The quantitative estimate of drug-likeness (QED) is 0.889. The van der Waals surface area contributed by atoms with Gasteiger partial charge in [0, 0.05) is 30.4 Å². The highest BCUT2D eigenvalue weighted by Crippen LogP contribution is 2.31. The summed E-state index contributed by atoms with van der Waals surface area (Å²) in [6.07, 6.45) is 1.93.